The van der Waals surface area contributed by atoms with Crippen LogP contribution in [0.4, 0.5) is 15.8 Å². The molecule has 6 heteroatoms. The van der Waals surface area contributed by atoms with E-state index in [9.17, 15) is 14.0 Å². The molecule has 158 valence electrons. The van der Waals surface area contributed by atoms with Gasteiger partial charge in [0.2, 0.25) is 0 Å². The summed E-state index contributed by atoms with van der Waals surface area (Å²) in [5, 5.41) is 0. The highest BCUT2D eigenvalue weighted by atomic mass is 19.1. The van der Waals surface area contributed by atoms with E-state index in [0.29, 0.717) is 44.1 Å². The van der Waals surface area contributed by atoms with Crippen molar-refractivity contribution < 1.29 is 14.0 Å². The van der Waals surface area contributed by atoms with Crippen molar-refractivity contribution in [2.45, 2.75) is 6.54 Å². The van der Waals surface area contributed by atoms with Gasteiger partial charge in [-0.05, 0) is 29.8 Å². The molecular weight excluding hydrogens is 393 g/mol. The average Bonchev–Trinajstić information content (AvgIpc) is 2.83. The number of rotatable bonds is 4. The van der Waals surface area contributed by atoms with E-state index in [1.54, 1.807) is 23.1 Å². The molecule has 0 atom stereocenters. The lowest BCUT2D eigenvalue weighted by Crippen LogP contribution is -2.53. The number of benzene rings is 3. The average molecular weight is 417 g/mol. The smallest absolute Gasteiger partial charge is 0.316 e. The van der Waals surface area contributed by atoms with Gasteiger partial charge in [0, 0.05) is 31.9 Å². The van der Waals surface area contributed by atoms with Crippen molar-refractivity contribution in [1.82, 2.24) is 4.90 Å². The Labute approximate surface area is 181 Å². The van der Waals surface area contributed by atoms with Crippen molar-refractivity contribution >= 4 is 23.2 Å². The topological polar surface area (TPSA) is 43.9 Å². The van der Waals surface area contributed by atoms with Crippen LogP contribution in [0.25, 0.3) is 0 Å². The molecule has 0 saturated carbocycles. The minimum atomic E-state index is -0.561. The summed E-state index contributed by atoms with van der Waals surface area (Å²) < 4.78 is 14.1. The fourth-order valence-corrected chi connectivity index (χ4v) is 3.76. The van der Waals surface area contributed by atoms with E-state index in [-0.39, 0.29) is 5.82 Å². The molecule has 0 aromatic heterocycles. The largest absolute Gasteiger partial charge is 0.366 e. The minimum Gasteiger partial charge on any atom is -0.366 e. The van der Waals surface area contributed by atoms with Gasteiger partial charge in [0.15, 0.2) is 0 Å². The molecule has 31 heavy (non-hydrogen) atoms. The lowest BCUT2D eigenvalue weighted by atomic mass is 10.2. The third kappa shape index (κ3) is 4.74. The number of hydrogen-bond donors (Lipinski definition) is 0. The Morgan fingerprint density at radius 3 is 2.00 bits per heavy atom. The van der Waals surface area contributed by atoms with Crippen molar-refractivity contribution in [3.63, 3.8) is 0 Å². The number of anilines is 2. The summed E-state index contributed by atoms with van der Waals surface area (Å²) >= 11 is 0. The molecule has 1 aliphatic heterocycles. The van der Waals surface area contributed by atoms with Crippen molar-refractivity contribution in [2.24, 2.45) is 0 Å². The second kappa shape index (κ2) is 9.43. The van der Waals surface area contributed by atoms with E-state index < -0.39 is 11.8 Å². The van der Waals surface area contributed by atoms with Gasteiger partial charge in [-0.1, -0.05) is 60.7 Å². The van der Waals surface area contributed by atoms with Gasteiger partial charge in [-0.3, -0.25) is 14.5 Å². The van der Waals surface area contributed by atoms with Gasteiger partial charge < -0.3 is 9.80 Å². The van der Waals surface area contributed by atoms with Gasteiger partial charge >= 0.3 is 11.8 Å². The third-order valence-electron chi connectivity index (χ3n) is 5.44. The van der Waals surface area contributed by atoms with Crippen LogP contribution < -0.4 is 9.80 Å². The molecule has 0 spiro atoms. The highest BCUT2D eigenvalue weighted by Crippen LogP contribution is 2.21. The molecule has 4 rings (SSSR count). The van der Waals surface area contributed by atoms with Gasteiger partial charge in [0.25, 0.3) is 0 Å². The Hall–Kier alpha value is -3.67. The lowest BCUT2D eigenvalue weighted by molar-refractivity contribution is -0.144. The molecule has 0 radical (unpaired) electrons. The monoisotopic (exact) mass is 417 g/mol. The van der Waals surface area contributed by atoms with Crippen molar-refractivity contribution in [3.8, 4) is 0 Å². The zero-order valence-electron chi connectivity index (χ0n) is 17.2. The molecule has 0 aliphatic carbocycles. The highest BCUT2D eigenvalue weighted by Gasteiger charge is 2.31. The second-order valence-electron chi connectivity index (χ2n) is 7.44. The summed E-state index contributed by atoms with van der Waals surface area (Å²) in [6.07, 6.45) is 0. The third-order valence-corrected chi connectivity index (χ3v) is 5.44. The zero-order chi connectivity index (χ0) is 21.6. The lowest BCUT2D eigenvalue weighted by Gasteiger charge is -2.36. The number of piperazine rings is 1. The predicted molar refractivity (Wildman–Crippen MR) is 119 cm³/mol. The quantitative estimate of drug-likeness (QED) is 0.608. The van der Waals surface area contributed by atoms with Gasteiger partial charge in [-0.25, -0.2) is 4.39 Å². The second-order valence-corrected chi connectivity index (χ2v) is 7.44. The molecule has 1 fully saturated rings. The fourth-order valence-electron chi connectivity index (χ4n) is 3.76. The maximum atomic E-state index is 14.1. The molecule has 3 aromatic rings. The summed E-state index contributed by atoms with van der Waals surface area (Å²) in [5.41, 5.74) is 2.14. The first-order valence-corrected chi connectivity index (χ1v) is 10.3. The van der Waals surface area contributed by atoms with Gasteiger partial charge in [-0.15, -0.1) is 0 Å². The molecule has 1 heterocycles. The number of carbonyl (C=O) groups is 2. The summed E-state index contributed by atoms with van der Waals surface area (Å²) in [5.74, 6) is -1.38. The maximum absolute atomic E-state index is 14.1. The van der Waals surface area contributed by atoms with Crippen molar-refractivity contribution in [1.29, 1.82) is 0 Å². The minimum absolute atomic E-state index is 0.281. The summed E-state index contributed by atoms with van der Waals surface area (Å²) in [7, 11) is 0. The van der Waals surface area contributed by atoms with E-state index in [4.69, 9.17) is 0 Å². The van der Waals surface area contributed by atoms with Crippen LogP contribution in [0.1, 0.15) is 5.56 Å². The number of halogens is 1. The molecule has 1 saturated heterocycles. The van der Waals surface area contributed by atoms with Crippen LogP contribution in [0, 0.1) is 5.82 Å². The molecule has 1 aliphatic rings. The first kappa shape index (κ1) is 20.6. The predicted octanol–water partition coefficient (Wildman–Crippen LogP) is 3.71. The van der Waals surface area contributed by atoms with Gasteiger partial charge in [0.1, 0.15) is 5.82 Å². The molecule has 0 bridgehead atoms. The zero-order valence-corrected chi connectivity index (χ0v) is 17.2. The number of amides is 2. The van der Waals surface area contributed by atoms with Crippen LogP contribution in [0.2, 0.25) is 0 Å². The van der Waals surface area contributed by atoms with E-state index in [1.807, 2.05) is 65.6 Å². The van der Waals surface area contributed by atoms with Crippen LogP contribution in [-0.2, 0) is 16.1 Å². The normalized spacial score (nSPS) is 13.7. The van der Waals surface area contributed by atoms with Gasteiger partial charge in [-0.2, -0.15) is 0 Å². The SMILES string of the molecule is O=C(C(=O)N(Cc1ccccc1)c1ccccc1)N1CCN(c2ccccc2F)CC1. The van der Waals surface area contributed by atoms with Gasteiger partial charge in [0.05, 0.1) is 12.2 Å². The Kier molecular flexibility index (Phi) is 6.26. The van der Waals surface area contributed by atoms with Crippen molar-refractivity contribution in [3.05, 3.63) is 96.3 Å². The van der Waals surface area contributed by atoms with Crippen LogP contribution >= 0.6 is 0 Å². The van der Waals surface area contributed by atoms with Crippen LogP contribution in [0.15, 0.2) is 84.9 Å². The Balaban J connectivity index is 1.47. The Morgan fingerprint density at radius 1 is 0.774 bits per heavy atom. The number of carbonyl (C=O) groups excluding carboxylic acids is 2. The van der Waals surface area contributed by atoms with Crippen molar-refractivity contribution in [2.75, 3.05) is 36.0 Å². The number of nitrogens with zero attached hydrogens (tertiary/aromatic N) is 3. The van der Waals surface area contributed by atoms with E-state index in [1.165, 1.54) is 11.0 Å². The Morgan fingerprint density at radius 2 is 1.35 bits per heavy atom. The van der Waals surface area contributed by atoms with E-state index in [2.05, 4.69) is 0 Å². The first-order chi connectivity index (χ1) is 15.1. The molecule has 0 N–H and O–H groups in total. The molecular formula is C25H24FN3O2. The molecule has 3 aromatic carbocycles. The Bertz CT molecular complexity index is 1030. The summed E-state index contributed by atoms with van der Waals surface area (Å²) in [6, 6.07) is 25.4. The van der Waals surface area contributed by atoms with E-state index in [0.717, 1.165) is 5.56 Å². The fraction of sp³-hybridized carbons (Fsp3) is 0.200. The van der Waals surface area contributed by atoms with E-state index >= 15 is 0 Å². The van der Waals surface area contributed by atoms with Crippen LogP contribution in [-0.4, -0.2) is 42.9 Å². The molecule has 5 nitrogen and oxygen atoms in total. The highest BCUT2D eigenvalue weighted by molar-refractivity contribution is 6.40. The number of para-hydroxylation sites is 2. The number of hydrogen-bond acceptors (Lipinski definition) is 3. The molecule has 0 unspecified atom stereocenters. The van der Waals surface area contributed by atoms with Crippen LogP contribution in [0.3, 0.4) is 0 Å². The maximum Gasteiger partial charge on any atom is 0.316 e. The standard InChI is InChI=1S/C25H24FN3O2/c26-22-13-7-8-14-23(22)27-15-17-28(18-16-27)24(30)25(31)29(21-11-5-2-6-12-21)19-20-9-3-1-4-10-20/h1-14H,15-19H2. The van der Waals surface area contributed by atoms with Crippen LogP contribution in [0.5, 0.6) is 0 Å². The first-order valence-electron chi connectivity index (χ1n) is 10.3. The summed E-state index contributed by atoms with van der Waals surface area (Å²) in [4.78, 5) is 31.2. The summed E-state index contributed by atoms with van der Waals surface area (Å²) in [6.45, 7) is 2.00. The molecule has 2 amide bonds.